The Bertz CT molecular complexity index is 955. The molecule has 0 bridgehead atoms. The highest BCUT2D eigenvalue weighted by Crippen LogP contribution is 2.41. The van der Waals surface area contributed by atoms with Gasteiger partial charge in [-0.25, -0.2) is 9.97 Å². The second-order valence-electron chi connectivity index (χ2n) is 6.56. The lowest BCUT2D eigenvalue weighted by Crippen LogP contribution is -2.10. The largest absolute Gasteiger partial charge is 0.244 e. The second-order valence-corrected chi connectivity index (χ2v) is 6.56. The van der Waals surface area contributed by atoms with E-state index in [-0.39, 0.29) is 0 Å². The van der Waals surface area contributed by atoms with Crippen molar-refractivity contribution in [2.75, 3.05) is 0 Å². The second kappa shape index (κ2) is 5.41. The molecule has 0 fully saturated rings. The van der Waals surface area contributed by atoms with Gasteiger partial charge in [-0.3, -0.25) is 0 Å². The van der Waals surface area contributed by atoms with E-state index in [2.05, 4.69) is 52.5 Å². The van der Waals surface area contributed by atoms with Gasteiger partial charge in [0.1, 0.15) is 6.33 Å². The number of allylic oxidation sites excluding steroid dienone is 1. The predicted molar refractivity (Wildman–Crippen MR) is 97.7 cm³/mol. The molecule has 1 aromatic heterocycles. The number of hydrogen-bond donors (Lipinski definition) is 0. The SMILES string of the molecule is C1=Cc2ccc3c(c2CC1)CCc1c(-c2cncnc2)cccc1-3. The summed E-state index contributed by atoms with van der Waals surface area (Å²) in [6.07, 6.45) is 14.6. The number of benzene rings is 2. The molecule has 2 aliphatic carbocycles. The summed E-state index contributed by atoms with van der Waals surface area (Å²) in [6, 6.07) is 11.2. The number of aromatic nitrogens is 2. The third-order valence-corrected chi connectivity index (χ3v) is 5.29. The fourth-order valence-electron chi connectivity index (χ4n) is 4.21. The topological polar surface area (TPSA) is 25.8 Å². The van der Waals surface area contributed by atoms with E-state index >= 15 is 0 Å². The highest BCUT2D eigenvalue weighted by Gasteiger charge is 2.23. The van der Waals surface area contributed by atoms with Crippen LogP contribution in [0.2, 0.25) is 0 Å². The first-order valence-corrected chi connectivity index (χ1v) is 8.61. The molecule has 2 nitrogen and oxygen atoms in total. The zero-order valence-electron chi connectivity index (χ0n) is 13.5. The molecule has 1 heterocycles. The van der Waals surface area contributed by atoms with Gasteiger partial charge in [0.25, 0.3) is 0 Å². The van der Waals surface area contributed by atoms with Gasteiger partial charge >= 0.3 is 0 Å². The third kappa shape index (κ3) is 2.03. The van der Waals surface area contributed by atoms with Crippen LogP contribution < -0.4 is 0 Å². The van der Waals surface area contributed by atoms with Crippen LogP contribution >= 0.6 is 0 Å². The lowest BCUT2D eigenvalue weighted by molar-refractivity contribution is 0.888. The monoisotopic (exact) mass is 310 g/mol. The molecular weight excluding hydrogens is 292 g/mol. The van der Waals surface area contributed by atoms with E-state index in [0.717, 1.165) is 24.8 Å². The summed E-state index contributed by atoms with van der Waals surface area (Å²) >= 11 is 0. The standard InChI is InChI=1S/C22H18N2/c1-2-5-17-15(4-1)8-9-22-19-7-3-6-18(16-12-23-14-24-13-16)21(19)11-10-20(17)22/h1,3-4,6-9,12-14H,2,5,10-11H2. The van der Waals surface area contributed by atoms with E-state index < -0.39 is 0 Å². The van der Waals surface area contributed by atoms with Crippen molar-refractivity contribution in [1.82, 2.24) is 9.97 Å². The van der Waals surface area contributed by atoms with E-state index in [1.54, 1.807) is 17.5 Å². The molecule has 0 saturated heterocycles. The average Bonchev–Trinajstić information content (AvgIpc) is 2.67. The van der Waals surface area contributed by atoms with Crippen molar-refractivity contribution >= 4 is 6.08 Å². The van der Waals surface area contributed by atoms with Crippen LogP contribution in [0.15, 0.2) is 55.1 Å². The number of rotatable bonds is 1. The summed E-state index contributed by atoms with van der Waals surface area (Å²) in [5.41, 5.74) is 11.2. The summed E-state index contributed by atoms with van der Waals surface area (Å²) in [7, 11) is 0. The van der Waals surface area contributed by atoms with Gasteiger partial charge in [0.05, 0.1) is 0 Å². The quantitative estimate of drug-likeness (QED) is 0.641. The molecule has 2 aliphatic rings. The van der Waals surface area contributed by atoms with Crippen molar-refractivity contribution < 1.29 is 0 Å². The van der Waals surface area contributed by atoms with Gasteiger partial charge in [0, 0.05) is 18.0 Å². The first-order valence-electron chi connectivity index (χ1n) is 8.61. The van der Waals surface area contributed by atoms with Gasteiger partial charge < -0.3 is 0 Å². The van der Waals surface area contributed by atoms with Gasteiger partial charge in [0.15, 0.2) is 0 Å². The minimum Gasteiger partial charge on any atom is -0.244 e. The molecule has 0 N–H and O–H groups in total. The number of nitrogens with zero attached hydrogens (tertiary/aromatic N) is 2. The lowest BCUT2D eigenvalue weighted by Gasteiger charge is -2.26. The van der Waals surface area contributed by atoms with Crippen LogP contribution in [0.5, 0.6) is 0 Å². The minimum absolute atomic E-state index is 1.09. The fourth-order valence-corrected chi connectivity index (χ4v) is 4.21. The van der Waals surface area contributed by atoms with Gasteiger partial charge in [-0.05, 0) is 64.6 Å². The van der Waals surface area contributed by atoms with E-state index in [1.807, 2.05) is 12.4 Å². The maximum atomic E-state index is 4.19. The first-order chi connectivity index (χ1) is 11.9. The Morgan fingerprint density at radius 3 is 2.42 bits per heavy atom. The Morgan fingerprint density at radius 1 is 0.708 bits per heavy atom. The molecular formula is C22H18N2. The Labute approximate surface area is 141 Å². The van der Waals surface area contributed by atoms with Crippen molar-refractivity contribution in [2.24, 2.45) is 0 Å². The molecule has 0 amide bonds. The zero-order valence-corrected chi connectivity index (χ0v) is 13.5. The molecule has 116 valence electrons. The van der Waals surface area contributed by atoms with Crippen molar-refractivity contribution in [3.05, 3.63) is 77.4 Å². The van der Waals surface area contributed by atoms with E-state index in [9.17, 15) is 0 Å². The zero-order chi connectivity index (χ0) is 15.9. The van der Waals surface area contributed by atoms with Crippen molar-refractivity contribution in [3.63, 3.8) is 0 Å². The van der Waals surface area contributed by atoms with Crippen LogP contribution in [0.1, 0.15) is 28.7 Å². The fraction of sp³-hybridized carbons (Fsp3) is 0.182. The molecule has 0 aliphatic heterocycles. The normalized spacial score (nSPS) is 14.7. The molecule has 0 radical (unpaired) electrons. The van der Waals surface area contributed by atoms with E-state index in [0.29, 0.717) is 0 Å². The Hall–Kier alpha value is -2.74. The summed E-state index contributed by atoms with van der Waals surface area (Å²) in [4.78, 5) is 8.39. The molecule has 24 heavy (non-hydrogen) atoms. The molecule has 0 saturated carbocycles. The van der Waals surface area contributed by atoms with Gasteiger partial charge in [0.2, 0.25) is 0 Å². The molecule has 3 aromatic rings. The van der Waals surface area contributed by atoms with Crippen LogP contribution in [0.25, 0.3) is 28.3 Å². The number of hydrogen-bond acceptors (Lipinski definition) is 2. The number of fused-ring (bicyclic) bond motifs is 5. The van der Waals surface area contributed by atoms with E-state index in [1.165, 1.54) is 34.2 Å². The average molecular weight is 310 g/mol. The lowest BCUT2D eigenvalue weighted by atomic mass is 9.78. The molecule has 0 unspecified atom stereocenters. The molecule has 0 spiro atoms. The molecule has 0 atom stereocenters. The highest BCUT2D eigenvalue weighted by molar-refractivity contribution is 5.83. The van der Waals surface area contributed by atoms with Gasteiger partial charge in [-0.15, -0.1) is 0 Å². The van der Waals surface area contributed by atoms with Crippen LogP contribution in [-0.2, 0) is 19.3 Å². The molecule has 5 rings (SSSR count). The van der Waals surface area contributed by atoms with Crippen LogP contribution in [0.3, 0.4) is 0 Å². The van der Waals surface area contributed by atoms with Crippen LogP contribution in [-0.4, -0.2) is 9.97 Å². The first kappa shape index (κ1) is 13.7. The van der Waals surface area contributed by atoms with Crippen LogP contribution in [0, 0.1) is 0 Å². The Kier molecular flexibility index (Phi) is 3.08. The third-order valence-electron chi connectivity index (χ3n) is 5.29. The Morgan fingerprint density at radius 2 is 1.50 bits per heavy atom. The van der Waals surface area contributed by atoms with E-state index in [4.69, 9.17) is 0 Å². The molecule has 2 heteroatoms. The predicted octanol–water partition coefficient (Wildman–Crippen LogP) is 4.87. The van der Waals surface area contributed by atoms with Gasteiger partial charge in [-0.2, -0.15) is 0 Å². The van der Waals surface area contributed by atoms with Crippen LogP contribution in [0.4, 0.5) is 0 Å². The smallest absolute Gasteiger partial charge is 0.115 e. The summed E-state index contributed by atoms with van der Waals surface area (Å²) in [5.74, 6) is 0. The minimum atomic E-state index is 1.09. The van der Waals surface area contributed by atoms with Crippen molar-refractivity contribution in [3.8, 4) is 22.3 Å². The Balaban J connectivity index is 1.72. The maximum Gasteiger partial charge on any atom is 0.115 e. The summed E-state index contributed by atoms with van der Waals surface area (Å²) in [5, 5.41) is 0. The van der Waals surface area contributed by atoms with Gasteiger partial charge in [-0.1, -0.05) is 42.5 Å². The molecule has 2 aromatic carbocycles. The highest BCUT2D eigenvalue weighted by atomic mass is 14.8. The van der Waals surface area contributed by atoms with Crippen molar-refractivity contribution in [1.29, 1.82) is 0 Å². The van der Waals surface area contributed by atoms with Crippen molar-refractivity contribution in [2.45, 2.75) is 25.7 Å². The summed E-state index contributed by atoms with van der Waals surface area (Å²) < 4.78 is 0. The summed E-state index contributed by atoms with van der Waals surface area (Å²) in [6.45, 7) is 0. The maximum absolute atomic E-state index is 4.19.